The van der Waals surface area contributed by atoms with Crippen molar-refractivity contribution in [3.63, 3.8) is 0 Å². The molecule has 0 aliphatic heterocycles. The third kappa shape index (κ3) is 16.2. The van der Waals surface area contributed by atoms with E-state index in [0.29, 0.717) is 50.8 Å². The van der Waals surface area contributed by atoms with Crippen LogP contribution in [-0.4, -0.2) is 130 Å². The second-order valence-electron chi connectivity index (χ2n) is 14.0. The van der Waals surface area contributed by atoms with Gasteiger partial charge in [0.25, 0.3) is 0 Å². The quantitative estimate of drug-likeness (QED) is 0.0544. The number of aliphatic hydroxyl groups is 1. The summed E-state index contributed by atoms with van der Waals surface area (Å²) in [5, 5.41) is 30.9. The second-order valence-corrected chi connectivity index (χ2v) is 14.0. The van der Waals surface area contributed by atoms with Crippen LogP contribution in [0.3, 0.4) is 0 Å². The van der Waals surface area contributed by atoms with Gasteiger partial charge in [-0.25, -0.2) is 4.79 Å². The molecule has 0 saturated carbocycles. The molecule has 1 aliphatic rings. The molecule has 0 bridgehead atoms. The fraction of sp³-hybridized carbons (Fsp3) is 0.442. The molecule has 0 fully saturated rings. The van der Waals surface area contributed by atoms with Crippen molar-refractivity contribution in [1.29, 1.82) is 0 Å². The molecule has 4 rings (SSSR count). The number of benzene rings is 3. The van der Waals surface area contributed by atoms with Crippen LogP contribution in [0.2, 0.25) is 0 Å². The fourth-order valence-corrected chi connectivity index (χ4v) is 6.19. The Morgan fingerprint density at radius 2 is 1.16 bits per heavy atom. The predicted octanol–water partition coefficient (Wildman–Crippen LogP) is 2.08. The molecule has 0 heterocycles. The summed E-state index contributed by atoms with van der Waals surface area (Å²) in [6, 6.07) is 18.8. The van der Waals surface area contributed by atoms with E-state index in [2.05, 4.69) is 50.8 Å². The lowest BCUT2D eigenvalue weighted by Crippen LogP contribution is -2.55. The summed E-state index contributed by atoms with van der Waals surface area (Å²) in [5.74, 6) is -4.07. The molecule has 7 N–H and O–H groups in total. The largest absolute Gasteiger partial charge is 0.481 e. The first kappa shape index (κ1) is 47.8. The molecule has 3 aromatic carbocycles. The Kier molecular flexibility index (Phi) is 20.1. The zero-order valence-electron chi connectivity index (χ0n) is 34.3. The van der Waals surface area contributed by atoms with E-state index in [-0.39, 0.29) is 45.4 Å². The number of alkyl carbamates (subject to hydrolysis) is 1. The van der Waals surface area contributed by atoms with Gasteiger partial charge in [0.2, 0.25) is 23.6 Å². The van der Waals surface area contributed by atoms with Gasteiger partial charge in [-0.05, 0) is 53.8 Å². The maximum Gasteiger partial charge on any atom is 0.407 e. The summed E-state index contributed by atoms with van der Waals surface area (Å²) in [5.41, 5.74) is 5.57. The van der Waals surface area contributed by atoms with Gasteiger partial charge in [-0.3, -0.25) is 24.0 Å². The molecule has 0 aromatic heterocycles. The molecule has 18 nitrogen and oxygen atoms in total. The number of anilines is 1. The number of hydrogen-bond donors (Lipinski definition) is 7. The molecular formula is C43H55N5O13. The zero-order chi connectivity index (χ0) is 44.0. The average Bonchev–Trinajstić information content (AvgIpc) is 3.57. The van der Waals surface area contributed by atoms with Crippen LogP contribution in [0.25, 0.3) is 11.1 Å². The van der Waals surface area contributed by atoms with Gasteiger partial charge in [-0.1, -0.05) is 60.7 Å². The topological polar surface area (TPSA) is 249 Å². The van der Waals surface area contributed by atoms with Crippen LogP contribution < -0.4 is 26.6 Å². The standard InChI is InChI=1S/C43H55N5O13/c1-28(40(53)46-29(2)41(54)48-37(25-39(51)52)42(55)47-31-13-11-30(26-49)12-14-31)45-38(50)15-17-57-19-21-59-23-24-60-22-20-58-18-16-44-43(56)61-27-36-34-9-5-3-7-32(34)33-8-4-6-10-35(33)36/h3-14,28-29,36-37,49H,15-27H2,1-2H3,(H,44,56)(H,45,50)(H,46,53)(H,47,55)(H,48,54)(H,51,52). The van der Waals surface area contributed by atoms with Gasteiger partial charge in [0.15, 0.2) is 0 Å². The summed E-state index contributed by atoms with van der Waals surface area (Å²) < 4.78 is 27.4. The first-order valence-corrected chi connectivity index (χ1v) is 20.0. The minimum Gasteiger partial charge on any atom is -0.481 e. The van der Waals surface area contributed by atoms with Crippen molar-refractivity contribution in [2.24, 2.45) is 0 Å². The van der Waals surface area contributed by atoms with Crippen LogP contribution in [0.1, 0.15) is 49.3 Å². The molecule has 0 saturated heterocycles. The van der Waals surface area contributed by atoms with Crippen LogP contribution in [0.15, 0.2) is 72.8 Å². The number of rotatable bonds is 27. The highest BCUT2D eigenvalue weighted by atomic mass is 16.6. The number of fused-ring (bicyclic) bond motifs is 3. The number of aliphatic hydroxyl groups excluding tert-OH is 1. The predicted molar refractivity (Wildman–Crippen MR) is 221 cm³/mol. The van der Waals surface area contributed by atoms with E-state index in [1.807, 2.05) is 24.3 Å². The van der Waals surface area contributed by atoms with E-state index in [0.717, 1.165) is 11.1 Å². The van der Waals surface area contributed by atoms with Crippen molar-refractivity contribution in [1.82, 2.24) is 21.3 Å². The minimum atomic E-state index is -1.45. The van der Waals surface area contributed by atoms with Gasteiger partial charge >= 0.3 is 12.1 Å². The summed E-state index contributed by atoms with van der Waals surface area (Å²) >= 11 is 0. The fourth-order valence-electron chi connectivity index (χ4n) is 6.19. The maximum absolute atomic E-state index is 12.8. The third-order valence-electron chi connectivity index (χ3n) is 9.39. The van der Waals surface area contributed by atoms with Crippen molar-refractivity contribution >= 4 is 41.4 Å². The van der Waals surface area contributed by atoms with Gasteiger partial charge in [0.05, 0.1) is 65.9 Å². The zero-order valence-corrected chi connectivity index (χ0v) is 34.3. The molecule has 18 heteroatoms. The first-order chi connectivity index (χ1) is 29.5. The van der Waals surface area contributed by atoms with Gasteiger partial charge in [0, 0.05) is 24.6 Å². The lowest BCUT2D eigenvalue weighted by atomic mass is 9.98. The Morgan fingerprint density at radius 3 is 1.74 bits per heavy atom. The molecular weight excluding hydrogens is 794 g/mol. The Balaban J connectivity index is 0.955. The van der Waals surface area contributed by atoms with Gasteiger partial charge in [-0.15, -0.1) is 0 Å². The highest BCUT2D eigenvalue weighted by Crippen LogP contribution is 2.44. The molecule has 3 aromatic rings. The van der Waals surface area contributed by atoms with E-state index in [1.165, 1.54) is 37.1 Å². The van der Waals surface area contributed by atoms with Crippen molar-refractivity contribution in [2.45, 2.75) is 57.3 Å². The normalized spacial score (nSPS) is 13.2. The Labute approximate surface area is 354 Å². The lowest BCUT2D eigenvalue weighted by Gasteiger charge is -2.21. The molecule has 0 radical (unpaired) electrons. The smallest absolute Gasteiger partial charge is 0.407 e. The van der Waals surface area contributed by atoms with Crippen molar-refractivity contribution in [3.8, 4) is 11.1 Å². The molecule has 61 heavy (non-hydrogen) atoms. The first-order valence-electron chi connectivity index (χ1n) is 20.0. The summed E-state index contributed by atoms with van der Waals surface area (Å²) in [7, 11) is 0. The number of hydrogen-bond acceptors (Lipinski definition) is 12. The summed E-state index contributed by atoms with van der Waals surface area (Å²) in [6.07, 6.45) is -1.25. The molecule has 3 unspecified atom stereocenters. The van der Waals surface area contributed by atoms with Crippen LogP contribution in [0.5, 0.6) is 0 Å². The summed E-state index contributed by atoms with van der Waals surface area (Å²) in [4.78, 5) is 74.1. The number of carboxylic acid groups (broad SMARTS) is 1. The SMILES string of the molecule is CC(NC(=O)CCOCCOCCOCCOCCNC(=O)OCC1c2ccccc2-c2ccccc21)C(=O)NC(C)C(=O)NC(CC(=O)O)C(=O)Nc1ccc(CO)cc1. The minimum absolute atomic E-state index is 0.00585. The van der Waals surface area contributed by atoms with Gasteiger partial charge in [-0.2, -0.15) is 0 Å². The average molecular weight is 850 g/mol. The highest BCUT2D eigenvalue weighted by molar-refractivity contribution is 6.00. The van der Waals surface area contributed by atoms with Crippen LogP contribution >= 0.6 is 0 Å². The Morgan fingerprint density at radius 1 is 0.639 bits per heavy atom. The van der Waals surface area contributed by atoms with E-state index in [4.69, 9.17) is 23.7 Å². The summed E-state index contributed by atoms with van der Waals surface area (Å²) in [6.45, 7) is 5.34. The number of carbonyl (C=O) groups excluding carboxylic acids is 5. The molecule has 0 spiro atoms. The number of amides is 5. The van der Waals surface area contributed by atoms with Gasteiger partial charge in [0.1, 0.15) is 24.7 Å². The number of carbonyl (C=O) groups is 6. The lowest BCUT2D eigenvalue weighted by molar-refractivity contribution is -0.140. The number of aliphatic carboxylic acids is 1. The molecule has 330 valence electrons. The molecule has 1 aliphatic carbocycles. The van der Waals surface area contributed by atoms with Crippen molar-refractivity contribution < 1.29 is 62.7 Å². The monoisotopic (exact) mass is 849 g/mol. The van der Waals surface area contributed by atoms with Crippen LogP contribution in [0.4, 0.5) is 10.5 Å². The number of nitrogens with one attached hydrogen (secondary N) is 5. The number of ether oxygens (including phenoxy) is 5. The van der Waals surface area contributed by atoms with Crippen LogP contribution in [0, 0.1) is 0 Å². The second kappa shape index (κ2) is 25.6. The van der Waals surface area contributed by atoms with E-state index in [9.17, 15) is 39.0 Å². The molecule has 5 amide bonds. The number of carboxylic acids is 1. The van der Waals surface area contributed by atoms with Crippen molar-refractivity contribution in [3.05, 3.63) is 89.5 Å². The van der Waals surface area contributed by atoms with E-state index < -0.39 is 60.2 Å². The molecule has 3 atom stereocenters. The Hall–Kier alpha value is -5.92. The maximum atomic E-state index is 12.8. The van der Waals surface area contributed by atoms with Crippen molar-refractivity contribution in [2.75, 3.05) is 71.3 Å². The van der Waals surface area contributed by atoms with Crippen LogP contribution in [-0.2, 0) is 54.3 Å². The van der Waals surface area contributed by atoms with E-state index >= 15 is 0 Å². The van der Waals surface area contributed by atoms with E-state index in [1.54, 1.807) is 12.1 Å². The highest BCUT2D eigenvalue weighted by Gasteiger charge is 2.30. The Bertz CT molecular complexity index is 1870. The third-order valence-corrected chi connectivity index (χ3v) is 9.39. The van der Waals surface area contributed by atoms with Gasteiger partial charge < -0.3 is 60.5 Å².